The summed E-state index contributed by atoms with van der Waals surface area (Å²) in [4.78, 5) is 15.2. The SMILES string of the molecule is CN=C(NCc1ccc(C(F)(F)F)cc1)NCc1cccc(C(N)=O)c1.I. The number of carbonyl (C=O) groups is 1. The van der Waals surface area contributed by atoms with Crippen LogP contribution in [0.3, 0.4) is 0 Å². The van der Waals surface area contributed by atoms with Gasteiger partial charge in [0.15, 0.2) is 5.96 Å². The highest BCUT2D eigenvalue weighted by atomic mass is 127. The summed E-state index contributed by atoms with van der Waals surface area (Å²) in [5, 5.41) is 6.08. The van der Waals surface area contributed by atoms with E-state index in [0.29, 0.717) is 30.2 Å². The highest BCUT2D eigenvalue weighted by Crippen LogP contribution is 2.29. The molecule has 0 atom stereocenters. The Morgan fingerprint density at radius 3 is 2.15 bits per heavy atom. The maximum atomic E-state index is 12.6. The summed E-state index contributed by atoms with van der Waals surface area (Å²) in [5.41, 5.74) is 6.52. The van der Waals surface area contributed by atoms with E-state index in [-0.39, 0.29) is 24.0 Å². The lowest BCUT2D eigenvalue weighted by molar-refractivity contribution is -0.137. The Bertz CT molecular complexity index is 792. The van der Waals surface area contributed by atoms with E-state index in [1.807, 2.05) is 6.07 Å². The molecule has 0 aliphatic heterocycles. The summed E-state index contributed by atoms with van der Waals surface area (Å²) in [5.74, 6) is -0.0222. The number of nitrogens with zero attached hydrogens (tertiary/aromatic N) is 1. The smallest absolute Gasteiger partial charge is 0.366 e. The number of nitrogens with two attached hydrogens (primary N) is 1. The number of rotatable bonds is 5. The van der Waals surface area contributed by atoms with Crippen molar-refractivity contribution in [3.8, 4) is 0 Å². The van der Waals surface area contributed by atoms with Crippen LogP contribution in [0, 0.1) is 0 Å². The van der Waals surface area contributed by atoms with Crippen LogP contribution in [-0.2, 0) is 19.3 Å². The molecule has 0 unspecified atom stereocenters. The molecular formula is C18H20F3IN4O. The minimum Gasteiger partial charge on any atom is -0.366 e. The van der Waals surface area contributed by atoms with Gasteiger partial charge in [-0.05, 0) is 35.4 Å². The van der Waals surface area contributed by atoms with Crippen LogP contribution in [-0.4, -0.2) is 18.9 Å². The second kappa shape index (κ2) is 10.1. The molecule has 0 bridgehead atoms. The summed E-state index contributed by atoms with van der Waals surface area (Å²) < 4.78 is 37.7. The van der Waals surface area contributed by atoms with Crippen LogP contribution in [0.5, 0.6) is 0 Å². The van der Waals surface area contributed by atoms with E-state index in [9.17, 15) is 18.0 Å². The van der Waals surface area contributed by atoms with Crippen LogP contribution >= 0.6 is 24.0 Å². The maximum absolute atomic E-state index is 12.6. The van der Waals surface area contributed by atoms with E-state index in [1.165, 1.54) is 12.1 Å². The van der Waals surface area contributed by atoms with Crippen molar-refractivity contribution in [3.05, 3.63) is 70.8 Å². The second-order valence-electron chi connectivity index (χ2n) is 5.54. The molecule has 0 fully saturated rings. The van der Waals surface area contributed by atoms with Crippen molar-refractivity contribution in [3.63, 3.8) is 0 Å². The van der Waals surface area contributed by atoms with Crippen molar-refractivity contribution in [1.82, 2.24) is 10.6 Å². The van der Waals surface area contributed by atoms with Crippen molar-refractivity contribution in [2.45, 2.75) is 19.3 Å². The van der Waals surface area contributed by atoms with Gasteiger partial charge < -0.3 is 16.4 Å². The van der Waals surface area contributed by atoms with Crippen LogP contribution in [0.1, 0.15) is 27.0 Å². The number of hydrogen-bond acceptors (Lipinski definition) is 2. The number of nitrogens with one attached hydrogen (secondary N) is 2. The topological polar surface area (TPSA) is 79.5 Å². The summed E-state index contributed by atoms with van der Waals surface area (Å²) in [6.45, 7) is 0.729. The fourth-order valence-corrected chi connectivity index (χ4v) is 2.24. The Labute approximate surface area is 172 Å². The van der Waals surface area contributed by atoms with E-state index in [4.69, 9.17) is 5.73 Å². The lowest BCUT2D eigenvalue weighted by Gasteiger charge is -2.13. The summed E-state index contributed by atoms with van der Waals surface area (Å²) in [7, 11) is 1.59. The maximum Gasteiger partial charge on any atom is 0.416 e. The summed E-state index contributed by atoms with van der Waals surface area (Å²) >= 11 is 0. The molecule has 0 aromatic heterocycles. The number of aliphatic imine (C=N–C) groups is 1. The van der Waals surface area contributed by atoms with Crippen LogP contribution in [0.2, 0.25) is 0 Å². The van der Waals surface area contributed by atoms with Gasteiger partial charge in [0, 0.05) is 25.7 Å². The molecule has 2 rings (SSSR count). The van der Waals surface area contributed by atoms with E-state index in [1.54, 1.807) is 25.2 Å². The Balaban J connectivity index is 0.00000364. The number of primary amides is 1. The molecule has 0 saturated carbocycles. The van der Waals surface area contributed by atoms with Crippen molar-refractivity contribution >= 4 is 35.8 Å². The number of amides is 1. The van der Waals surface area contributed by atoms with Gasteiger partial charge in [-0.25, -0.2) is 0 Å². The molecule has 5 nitrogen and oxygen atoms in total. The van der Waals surface area contributed by atoms with Gasteiger partial charge in [-0.2, -0.15) is 13.2 Å². The molecule has 9 heteroatoms. The predicted octanol–water partition coefficient (Wildman–Crippen LogP) is 3.29. The Kier molecular flexibility index (Phi) is 8.54. The first kappa shape index (κ1) is 22.7. The number of hydrogen-bond donors (Lipinski definition) is 3. The molecule has 2 aromatic carbocycles. The third kappa shape index (κ3) is 7.08. The van der Waals surface area contributed by atoms with Crippen LogP contribution in [0.4, 0.5) is 13.2 Å². The molecule has 0 aliphatic carbocycles. The van der Waals surface area contributed by atoms with Crippen molar-refractivity contribution in [1.29, 1.82) is 0 Å². The number of benzene rings is 2. The molecular weight excluding hydrogens is 472 g/mol. The zero-order chi connectivity index (χ0) is 19.2. The number of alkyl halides is 3. The van der Waals surface area contributed by atoms with Gasteiger partial charge in [0.05, 0.1) is 5.56 Å². The van der Waals surface area contributed by atoms with Crippen LogP contribution in [0.25, 0.3) is 0 Å². The fourth-order valence-electron chi connectivity index (χ4n) is 2.24. The van der Waals surface area contributed by atoms with Crippen molar-refractivity contribution in [2.75, 3.05) is 7.05 Å². The lowest BCUT2D eigenvalue weighted by atomic mass is 10.1. The van der Waals surface area contributed by atoms with Gasteiger partial charge in [-0.15, -0.1) is 24.0 Å². The highest BCUT2D eigenvalue weighted by molar-refractivity contribution is 14.0. The van der Waals surface area contributed by atoms with Crippen LogP contribution in [0.15, 0.2) is 53.5 Å². The summed E-state index contributed by atoms with van der Waals surface area (Å²) in [6, 6.07) is 11.8. The zero-order valence-corrected chi connectivity index (χ0v) is 16.8. The number of carbonyl (C=O) groups excluding carboxylic acids is 1. The zero-order valence-electron chi connectivity index (χ0n) is 14.5. The van der Waals surface area contributed by atoms with Gasteiger partial charge in [-0.3, -0.25) is 9.79 Å². The van der Waals surface area contributed by atoms with E-state index in [0.717, 1.165) is 17.7 Å². The van der Waals surface area contributed by atoms with Gasteiger partial charge in [0.2, 0.25) is 5.91 Å². The van der Waals surface area contributed by atoms with Gasteiger partial charge in [0.1, 0.15) is 0 Å². The molecule has 0 heterocycles. The van der Waals surface area contributed by atoms with Crippen LogP contribution < -0.4 is 16.4 Å². The molecule has 146 valence electrons. The number of halogens is 4. The normalized spacial score (nSPS) is 11.5. The first-order chi connectivity index (χ1) is 12.3. The van der Waals surface area contributed by atoms with Gasteiger partial charge in [0.25, 0.3) is 0 Å². The molecule has 2 aromatic rings. The highest BCUT2D eigenvalue weighted by Gasteiger charge is 2.29. The molecule has 0 saturated heterocycles. The first-order valence-corrected chi connectivity index (χ1v) is 7.79. The average Bonchev–Trinajstić information content (AvgIpc) is 2.61. The Morgan fingerprint density at radius 2 is 1.63 bits per heavy atom. The van der Waals surface area contributed by atoms with Crippen molar-refractivity contribution in [2.24, 2.45) is 10.7 Å². The predicted molar refractivity (Wildman–Crippen MR) is 109 cm³/mol. The monoisotopic (exact) mass is 492 g/mol. The molecule has 1 amide bonds. The standard InChI is InChI=1S/C18H19F3N4O.HI/c1-23-17(25-11-13-3-2-4-14(9-13)16(22)26)24-10-12-5-7-15(8-6-12)18(19,20)21;/h2-9H,10-11H2,1H3,(H2,22,26)(H2,23,24,25);1H. The number of guanidine groups is 1. The molecule has 0 spiro atoms. The Morgan fingerprint density at radius 1 is 1.04 bits per heavy atom. The third-order valence-electron chi connectivity index (χ3n) is 3.64. The molecule has 27 heavy (non-hydrogen) atoms. The minimum absolute atomic E-state index is 0. The van der Waals surface area contributed by atoms with E-state index >= 15 is 0 Å². The molecule has 0 aliphatic rings. The molecule has 4 N–H and O–H groups in total. The van der Waals surface area contributed by atoms with Gasteiger partial charge >= 0.3 is 6.18 Å². The average molecular weight is 492 g/mol. The molecule has 0 radical (unpaired) electrons. The third-order valence-corrected chi connectivity index (χ3v) is 3.64. The Hall–Kier alpha value is -2.30. The minimum atomic E-state index is -4.34. The van der Waals surface area contributed by atoms with E-state index < -0.39 is 17.6 Å². The quantitative estimate of drug-likeness (QED) is 0.341. The second-order valence-corrected chi connectivity index (χ2v) is 5.54. The lowest BCUT2D eigenvalue weighted by Crippen LogP contribution is -2.36. The van der Waals surface area contributed by atoms with Crippen molar-refractivity contribution < 1.29 is 18.0 Å². The van der Waals surface area contributed by atoms with Gasteiger partial charge in [-0.1, -0.05) is 24.3 Å². The largest absolute Gasteiger partial charge is 0.416 e. The fraction of sp³-hybridized carbons (Fsp3) is 0.222. The first-order valence-electron chi connectivity index (χ1n) is 7.79. The van der Waals surface area contributed by atoms with E-state index in [2.05, 4.69) is 15.6 Å². The summed E-state index contributed by atoms with van der Waals surface area (Å²) in [6.07, 6.45) is -4.34.